The van der Waals surface area contributed by atoms with Gasteiger partial charge in [0.2, 0.25) is 10.0 Å². The lowest BCUT2D eigenvalue weighted by atomic mass is 10.2. The molecule has 0 aliphatic carbocycles. The van der Waals surface area contributed by atoms with E-state index in [1.807, 2.05) is 0 Å². The lowest BCUT2D eigenvalue weighted by Crippen LogP contribution is -2.23. The van der Waals surface area contributed by atoms with Crippen LogP contribution in [0.15, 0.2) is 47.4 Å². The van der Waals surface area contributed by atoms with Crippen molar-refractivity contribution in [3.05, 3.63) is 59.7 Å². The Kier molecular flexibility index (Phi) is 5.22. The molecule has 4 nitrogen and oxygen atoms in total. The van der Waals surface area contributed by atoms with E-state index in [9.17, 15) is 26.0 Å². The summed E-state index contributed by atoms with van der Waals surface area (Å²) < 4.78 is 80.2. The van der Waals surface area contributed by atoms with E-state index in [4.69, 9.17) is 0 Å². The maximum absolute atomic E-state index is 13.1. The van der Waals surface area contributed by atoms with Gasteiger partial charge in [-0.05, 0) is 35.9 Å². The van der Waals surface area contributed by atoms with Gasteiger partial charge in [0.25, 0.3) is 0 Å². The molecule has 0 radical (unpaired) electrons. The zero-order valence-electron chi connectivity index (χ0n) is 11.5. The first-order valence-electron chi connectivity index (χ1n) is 6.26. The molecule has 0 amide bonds. The second-order valence-electron chi connectivity index (χ2n) is 4.42. The molecular weight excluding hydrogens is 338 g/mol. The van der Waals surface area contributed by atoms with Crippen LogP contribution in [0.4, 0.5) is 17.6 Å². The molecule has 0 heterocycles. The Hall–Kier alpha value is -2.13. The summed E-state index contributed by atoms with van der Waals surface area (Å²) in [5.41, 5.74) is 0.470. The number of nitrogens with one attached hydrogen (secondary N) is 1. The molecule has 0 unspecified atom stereocenters. The van der Waals surface area contributed by atoms with Crippen LogP contribution in [-0.4, -0.2) is 15.0 Å². The third-order valence-corrected chi connectivity index (χ3v) is 4.22. The molecule has 0 bridgehead atoms. The fourth-order valence-electron chi connectivity index (χ4n) is 1.69. The van der Waals surface area contributed by atoms with Crippen LogP contribution in [0.5, 0.6) is 5.75 Å². The van der Waals surface area contributed by atoms with Crippen LogP contribution in [0.1, 0.15) is 5.56 Å². The third kappa shape index (κ3) is 4.67. The summed E-state index contributed by atoms with van der Waals surface area (Å²) in [6, 6.07) is 7.51. The zero-order chi connectivity index (χ0) is 17.0. The largest absolute Gasteiger partial charge is 0.435 e. The second-order valence-corrected chi connectivity index (χ2v) is 6.19. The van der Waals surface area contributed by atoms with Gasteiger partial charge in [0.15, 0.2) is 11.6 Å². The van der Waals surface area contributed by atoms with Crippen LogP contribution >= 0.6 is 0 Å². The van der Waals surface area contributed by atoms with Crippen molar-refractivity contribution in [3.8, 4) is 5.75 Å². The van der Waals surface area contributed by atoms with Crippen molar-refractivity contribution in [2.75, 3.05) is 0 Å². The standard InChI is InChI=1S/C14H11F4NO3S/c15-12-6-5-11(7-13(12)16)23(20,21)19-8-9-1-3-10(4-2-9)22-14(17)18/h1-7,14,19H,8H2. The Labute approximate surface area is 129 Å². The van der Waals surface area contributed by atoms with Crippen LogP contribution in [0.25, 0.3) is 0 Å². The summed E-state index contributed by atoms with van der Waals surface area (Å²) in [5.74, 6) is -2.49. The highest BCUT2D eigenvalue weighted by molar-refractivity contribution is 7.89. The van der Waals surface area contributed by atoms with Gasteiger partial charge in [-0.15, -0.1) is 0 Å². The predicted molar refractivity (Wildman–Crippen MR) is 73.5 cm³/mol. The van der Waals surface area contributed by atoms with Crippen LogP contribution < -0.4 is 9.46 Å². The molecule has 0 fully saturated rings. The van der Waals surface area contributed by atoms with Crippen molar-refractivity contribution in [3.63, 3.8) is 0 Å². The van der Waals surface area contributed by atoms with E-state index in [0.717, 1.165) is 6.07 Å². The summed E-state index contributed by atoms with van der Waals surface area (Å²) >= 11 is 0. The molecule has 2 aromatic carbocycles. The number of sulfonamides is 1. The Bertz CT molecular complexity index is 779. The normalized spacial score (nSPS) is 11.7. The van der Waals surface area contributed by atoms with Gasteiger partial charge >= 0.3 is 6.61 Å². The molecule has 0 aliphatic heterocycles. The fourth-order valence-corrected chi connectivity index (χ4v) is 2.72. The fraction of sp³-hybridized carbons (Fsp3) is 0.143. The van der Waals surface area contributed by atoms with Crippen molar-refractivity contribution in [1.29, 1.82) is 0 Å². The number of alkyl halides is 2. The van der Waals surface area contributed by atoms with Gasteiger partial charge in [0.1, 0.15) is 5.75 Å². The highest BCUT2D eigenvalue weighted by Crippen LogP contribution is 2.16. The molecule has 0 saturated carbocycles. The smallest absolute Gasteiger partial charge is 0.387 e. The van der Waals surface area contributed by atoms with Crippen molar-refractivity contribution < 1.29 is 30.7 Å². The molecule has 2 aromatic rings. The number of hydrogen-bond acceptors (Lipinski definition) is 3. The van der Waals surface area contributed by atoms with E-state index >= 15 is 0 Å². The Morgan fingerprint density at radius 2 is 1.65 bits per heavy atom. The number of ether oxygens (including phenoxy) is 1. The van der Waals surface area contributed by atoms with Crippen LogP contribution in [0.3, 0.4) is 0 Å². The average molecular weight is 349 g/mol. The van der Waals surface area contributed by atoms with Crippen LogP contribution in [0, 0.1) is 11.6 Å². The zero-order valence-corrected chi connectivity index (χ0v) is 12.3. The number of halogens is 4. The molecule has 0 aromatic heterocycles. The number of benzene rings is 2. The Balaban J connectivity index is 2.05. The molecule has 1 N–H and O–H groups in total. The average Bonchev–Trinajstić information content (AvgIpc) is 2.49. The van der Waals surface area contributed by atoms with E-state index in [-0.39, 0.29) is 12.3 Å². The first-order chi connectivity index (χ1) is 10.8. The van der Waals surface area contributed by atoms with E-state index < -0.39 is 33.2 Å². The predicted octanol–water partition coefficient (Wildman–Crippen LogP) is 3.04. The van der Waals surface area contributed by atoms with Gasteiger partial charge in [-0.3, -0.25) is 0 Å². The third-order valence-electron chi connectivity index (χ3n) is 2.82. The minimum absolute atomic E-state index is 0.0628. The number of hydrogen-bond donors (Lipinski definition) is 1. The SMILES string of the molecule is O=S(=O)(NCc1ccc(OC(F)F)cc1)c1ccc(F)c(F)c1. The Morgan fingerprint density at radius 1 is 1.00 bits per heavy atom. The summed E-state index contributed by atoms with van der Waals surface area (Å²) in [6.45, 7) is -3.11. The molecule has 0 atom stereocenters. The topological polar surface area (TPSA) is 55.4 Å². The number of rotatable bonds is 6. The van der Waals surface area contributed by atoms with Gasteiger partial charge in [-0.2, -0.15) is 8.78 Å². The summed E-state index contributed by atoms with van der Waals surface area (Å²) in [6.07, 6.45) is 0. The van der Waals surface area contributed by atoms with E-state index in [1.165, 1.54) is 24.3 Å². The lowest BCUT2D eigenvalue weighted by molar-refractivity contribution is -0.0498. The van der Waals surface area contributed by atoms with Crippen molar-refractivity contribution in [2.45, 2.75) is 18.1 Å². The maximum atomic E-state index is 13.1. The van der Waals surface area contributed by atoms with E-state index in [0.29, 0.717) is 17.7 Å². The van der Waals surface area contributed by atoms with Gasteiger partial charge in [0.05, 0.1) is 4.90 Å². The maximum Gasteiger partial charge on any atom is 0.387 e. The lowest BCUT2D eigenvalue weighted by Gasteiger charge is -2.08. The van der Waals surface area contributed by atoms with Gasteiger partial charge < -0.3 is 4.74 Å². The van der Waals surface area contributed by atoms with Crippen molar-refractivity contribution in [2.24, 2.45) is 0 Å². The van der Waals surface area contributed by atoms with Gasteiger partial charge in [-0.25, -0.2) is 21.9 Å². The molecular formula is C14H11F4NO3S. The van der Waals surface area contributed by atoms with Gasteiger partial charge in [-0.1, -0.05) is 12.1 Å². The minimum Gasteiger partial charge on any atom is -0.435 e. The molecule has 0 spiro atoms. The highest BCUT2D eigenvalue weighted by atomic mass is 32.2. The molecule has 2 rings (SSSR count). The minimum atomic E-state index is -4.03. The van der Waals surface area contributed by atoms with E-state index in [1.54, 1.807) is 0 Å². The van der Waals surface area contributed by atoms with Crippen LogP contribution in [0.2, 0.25) is 0 Å². The first-order valence-corrected chi connectivity index (χ1v) is 7.75. The van der Waals surface area contributed by atoms with Crippen molar-refractivity contribution >= 4 is 10.0 Å². The molecule has 0 aliphatic rings. The quantitative estimate of drug-likeness (QED) is 0.816. The second kappa shape index (κ2) is 6.97. The van der Waals surface area contributed by atoms with Crippen LogP contribution in [-0.2, 0) is 16.6 Å². The molecule has 9 heteroatoms. The van der Waals surface area contributed by atoms with E-state index in [2.05, 4.69) is 9.46 Å². The summed E-state index contributed by atoms with van der Waals surface area (Å²) in [4.78, 5) is -0.422. The summed E-state index contributed by atoms with van der Waals surface area (Å²) in [7, 11) is -4.03. The molecule has 124 valence electrons. The highest BCUT2D eigenvalue weighted by Gasteiger charge is 2.16. The monoisotopic (exact) mass is 349 g/mol. The molecule has 0 saturated heterocycles. The van der Waals surface area contributed by atoms with Crippen molar-refractivity contribution in [1.82, 2.24) is 4.72 Å². The molecule has 23 heavy (non-hydrogen) atoms. The first kappa shape index (κ1) is 17.2. The Morgan fingerprint density at radius 3 is 2.22 bits per heavy atom. The van der Waals surface area contributed by atoms with Gasteiger partial charge in [0, 0.05) is 6.54 Å². The summed E-state index contributed by atoms with van der Waals surface area (Å²) in [5, 5.41) is 0.